The molecule has 0 saturated heterocycles. The molecule has 0 aliphatic rings. The second-order valence-electron chi connectivity index (χ2n) is 8.84. The van der Waals surface area contributed by atoms with Crippen molar-refractivity contribution in [3.8, 4) is 17.2 Å². The zero-order chi connectivity index (χ0) is 27.9. The summed E-state index contributed by atoms with van der Waals surface area (Å²) in [6, 6.07) is 20.9. The van der Waals surface area contributed by atoms with Crippen LogP contribution in [-0.2, 0) is 4.79 Å². The van der Waals surface area contributed by atoms with E-state index in [0.717, 1.165) is 11.5 Å². The third-order valence-electron chi connectivity index (χ3n) is 6.20. The maximum atomic E-state index is 13.8. The number of hydrogen-bond acceptors (Lipinski definition) is 5. The molecule has 0 spiro atoms. The average Bonchev–Trinajstić information content (AvgIpc) is 3.18. The van der Waals surface area contributed by atoms with Crippen molar-refractivity contribution in [2.45, 2.75) is 26.3 Å². The standard InChI is InChI=1S/C29H21F3N2O5/c1-16-26(27(35)24-13-10-18-6-3-4-9-23(18)33-24)22-12-11-21(39-29(30,31)32)15-25(22)34(16)19-7-5-8-20(14-19)38-17(2)28(36)37/h3-15,17H,1-2H3,(H,36,37). The van der Waals surface area contributed by atoms with Crippen molar-refractivity contribution in [2.24, 2.45) is 0 Å². The number of carboxylic acids is 1. The van der Waals surface area contributed by atoms with Crippen molar-refractivity contribution >= 4 is 33.6 Å². The van der Waals surface area contributed by atoms with E-state index in [1.165, 1.54) is 19.1 Å². The van der Waals surface area contributed by atoms with E-state index in [1.54, 1.807) is 54.0 Å². The Balaban J connectivity index is 1.69. The smallest absolute Gasteiger partial charge is 0.479 e. The number of ketones is 1. The molecule has 0 fully saturated rings. The highest BCUT2D eigenvalue weighted by atomic mass is 19.4. The Bertz CT molecular complexity index is 1740. The predicted octanol–water partition coefficient (Wildman–Crippen LogP) is 6.47. The molecule has 1 unspecified atom stereocenters. The number of fused-ring (bicyclic) bond motifs is 2. The predicted molar refractivity (Wildman–Crippen MR) is 138 cm³/mol. The van der Waals surface area contributed by atoms with E-state index in [2.05, 4.69) is 9.72 Å². The number of benzene rings is 3. The summed E-state index contributed by atoms with van der Waals surface area (Å²) in [4.78, 5) is 29.6. The maximum Gasteiger partial charge on any atom is 0.573 e. The Morgan fingerprint density at radius 1 is 0.949 bits per heavy atom. The maximum absolute atomic E-state index is 13.8. The molecule has 0 aliphatic heterocycles. The molecule has 0 aliphatic carbocycles. The third-order valence-corrected chi connectivity index (χ3v) is 6.20. The summed E-state index contributed by atoms with van der Waals surface area (Å²) in [5.74, 6) is -1.79. The van der Waals surface area contributed by atoms with Gasteiger partial charge in [0.25, 0.3) is 0 Å². The van der Waals surface area contributed by atoms with E-state index < -0.39 is 30.0 Å². The summed E-state index contributed by atoms with van der Waals surface area (Å²) in [6.45, 7) is 3.05. The highest BCUT2D eigenvalue weighted by molar-refractivity contribution is 6.17. The Morgan fingerprint density at radius 3 is 2.46 bits per heavy atom. The molecule has 0 bridgehead atoms. The van der Waals surface area contributed by atoms with Gasteiger partial charge in [0.1, 0.15) is 17.2 Å². The zero-order valence-electron chi connectivity index (χ0n) is 20.7. The van der Waals surface area contributed by atoms with Crippen LogP contribution in [0, 0.1) is 6.92 Å². The second kappa shape index (κ2) is 9.79. The first-order valence-electron chi connectivity index (χ1n) is 11.8. The lowest BCUT2D eigenvalue weighted by atomic mass is 10.0. The molecule has 39 heavy (non-hydrogen) atoms. The van der Waals surface area contributed by atoms with E-state index in [-0.39, 0.29) is 22.5 Å². The van der Waals surface area contributed by atoms with Gasteiger partial charge in [-0.3, -0.25) is 4.79 Å². The van der Waals surface area contributed by atoms with Gasteiger partial charge < -0.3 is 19.1 Å². The van der Waals surface area contributed by atoms with Crippen molar-refractivity contribution in [1.82, 2.24) is 9.55 Å². The quantitative estimate of drug-likeness (QED) is 0.241. The molecule has 2 heterocycles. The first-order chi connectivity index (χ1) is 18.5. The number of pyridine rings is 1. The second-order valence-corrected chi connectivity index (χ2v) is 8.84. The highest BCUT2D eigenvalue weighted by Crippen LogP contribution is 2.35. The number of hydrogen-bond donors (Lipinski definition) is 1. The minimum atomic E-state index is -4.91. The summed E-state index contributed by atoms with van der Waals surface area (Å²) in [5, 5.41) is 10.4. The van der Waals surface area contributed by atoms with Crippen LogP contribution in [0.25, 0.3) is 27.5 Å². The topological polar surface area (TPSA) is 90.6 Å². The minimum absolute atomic E-state index is 0.179. The number of carbonyl (C=O) groups is 2. The van der Waals surface area contributed by atoms with Gasteiger partial charge in [0, 0.05) is 34.3 Å². The molecule has 5 aromatic rings. The molecule has 198 valence electrons. The van der Waals surface area contributed by atoms with Gasteiger partial charge >= 0.3 is 12.3 Å². The Kier molecular flexibility index (Phi) is 6.47. The number of carbonyl (C=O) groups excluding carboxylic acids is 1. The summed E-state index contributed by atoms with van der Waals surface area (Å²) in [6.07, 6.45) is -6.04. The summed E-state index contributed by atoms with van der Waals surface area (Å²) >= 11 is 0. The van der Waals surface area contributed by atoms with E-state index in [4.69, 9.17) is 4.74 Å². The van der Waals surface area contributed by atoms with E-state index in [9.17, 15) is 27.9 Å². The number of rotatable bonds is 7. The molecular weight excluding hydrogens is 513 g/mol. The first-order valence-corrected chi connectivity index (χ1v) is 11.8. The Hall–Kier alpha value is -4.86. The molecule has 5 rings (SSSR count). The van der Waals surface area contributed by atoms with Crippen LogP contribution < -0.4 is 9.47 Å². The molecule has 0 saturated carbocycles. The zero-order valence-corrected chi connectivity index (χ0v) is 20.7. The van der Waals surface area contributed by atoms with Gasteiger partial charge in [-0.25, -0.2) is 9.78 Å². The van der Waals surface area contributed by atoms with Gasteiger partial charge in [-0.2, -0.15) is 0 Å². The van der Waals surface area contributed by atoms with E-state index in [1.807, 2.05) is 18.2 Å². The minimum Gasteiger partial charge on any atom is -0.479 e. The number of aromatic nitrogens is 2. The fourth-order valence-electron chi connectivity index (χ4n) is 4.48. The number of alkyl halides is 3. The van der Waals surface area contributed by atoms with Crippen LogP contribution in [0.1, 0.15) is 28.7 Å². The lowest BCUT2D eigenvalue weighted by molar-refractivity contribution is -0.274. The van der Waals surface area contributed by atoms with Crippen molar-refractivity contribution in [2.75, 3.05) is 0 Å². The van der Waals surface area contributed by atoms with Gasteiger partial charge in [0.15, 0.2) is 6.10 Å². The number of para-hydroxylation sites is 1. The van der Waals surface area contributed by atoms with Gasteiger partial charge in [-0.05, 0) is 50.2 Å². The first kappa shape index (κ1) is 25.8. The SMILES string of the molecule is Cc1c(C(=O)c2ccc3ccccc3n2)c2ccc(OC(F)(F)F)cc2n1-c1cccc(OC(C)C(=O)O)c1. The summed E-state index contributed by atoms with van der Waals surface area (Å²) < 4.78 is 50.3. The molecular formula is C29H21F3N2O5. The number of nitrogens with zero attached hydrogens (tertiary/aromatic N) is 2. The molecule has 7 nitrogen and oxygen atoms in total. The fraction of sp³-hybridized carbons (Fsp3) is 0.138. The van der Waals surface area contributed by atoms with Crippen LogP contribution in [0.15, 0.2) is 78.9 Å². The molecule has 0 amide bonds. The van der Waals surface area contributed by atoms with Crippen LogP contribution >= 0.6 is 0 Å². The molecule has 1 atom stereocenters. The van der Waals surface area contributed by atoms with Crippen LogP contribution in [0.3, 0.4) is 0 Å². The summed E-state index contributed by atoms with van der Waals surface area (Å²) in [5.41, 5.74) is 2.24. The number of aliphatic carboxylic acids is 1. The van der Waals surface area contributed by atoms with Crippen LogP contribution in [0.5, 0.6) is 11.5 Å². The number of carboxylic acid groups (broad SMARTS) is 1. The van der Waals surface area contributed by atoms with E-state index >= 15 is 0 Å². The number of halogens is 3. The van der Waals surface area contributed by atoms with Gasteiger partial charge in [0.05, 0.1) is 16.6 Å². The fourth-order valence-corrected chi connectivity index (χ4v) is 4.48. The normalized spacial score (nSPS) is 12.4. The van der Waals surface area contributed by atoms with Crippen molar-refractivity contribution in [3.05, 3.63) is 95.8 Å². The monoisotopic (exact) mass is 534 g/mol. The lowest BCUT2D eigenvalue weighted by Crippen LogP contribution is -2.22. The number of ether oxygens (including phenoxy) is 2. The molecule has 10 heteroatoms. The van der Waals surface area contributed by atoms with Gasteiger partial charge in [-0.15, -0.1) is 13.2 Å². The highest BCUT2D eigenvalue weighted by Gasteiger charge is 2.32. The van der Waals surface area contributed by atoms with Gasteiger partial charge in [0.2, 0.25) is 5.78 Å². The lowest BCUT2D eigenvalue weighted by Gasteiger charge is -2.14. The largest absolute Gasteiger partial charge is 0.573 e. The molecule has 0 radical (unpaired) electrons. The van der Waals surface area contributed by atoms with Crippen molar-refractivity contribution < 1.29 is 37.3 Å². The molecule has 1 N–H and O–H groups in total. The van der Waals surface area contributed by atoms with Crippen molar-refractivity contribution in [3.63, 3.8) is 0 Å². The van der Waals surface area contributed by atoms with Gasteiger partial charge in [-0.1, -0.05) is 30.3 Å². The Labute approximate surface area is 220 Å². The van der Waals surface area contributed by atoms with E-state index in [0.29, 0.717) is 22.3 Å². The van der Waals surface area contributed by atoms with Crippen LogP contribution in [0.4, 0.5) is 13.2 Å². The van der Waals surface area contributed by atoms with Crippen LogP contribution in [-0.4, -0.2) is 38.9 Å². The Morgan fingerprint density at radius 2 is 1.72 bits per heavy atom. The van der Waals surface area contributed by atoms with Crippen LogP contribution in [0.2, 0.25) is 0 Å². The third kappa shape index (κ3) is 5.13. The van der Waals surface area contributed by atoms with Crippen molar-refractivity contribution in [1.29, 1.82) is 0 Å². The average molecular weight is 534 g/mol. The molecule has 3 aromatic carbocycles. The molecule has 2 aromatic heterocycles. The summed E-state index contributed by atoms with van der Waals surface area (Å²) in [7, 11) is 0.